The fraction of sp³-hybridized carbons (Fsp3) is 0.0500. The smallest absolute Gasteiger partial charge is 0.259 e. The van der Waals surface area contributed by atoms with E-state index in [1.165, 1.54) is 0 Å². The van der Waals surface area contributed by atoms with Crippen LogP contribution in [-0.2, 0) is 0 Å². The van der Waals surface area contributed by atoms with Crippen LogP contribution >= 0.6 is 11.6 Å². The first-order valence-electron chi connectivity index (χ1n) is 8.44. The van der Waals surface area contributed by atoms with Crippen molar-refractivity contribution in [2.75, 3.05) is 12.4 Å². The Kier molecular flexibility index (Phi) is 4.82. The molecule has 2 N–H and O–H groups in total. The van der Waals surface area contributed by atoms with Gasteiger partial charge < -0.3 is 9.72 Å². The van der Waals surface area contributed by atoms with Gasteiger partial charge in [-0.15, -0.1) is 0 Å². The summed E-state index contributed by atoms with van der Waals surface area (Å²) in [6, 6.07) is 14.5. The fourth-order valence-corrected chi connectivity index (χ4v) is 2.93. The van der Waals surface area contributed by atoms with E-state index in [9.17, 15) is 4.79 Å². The maximum Gasteiger partial charge on any atom is 0.259 e. The van der Waals surface area contributed by atoms with Crippen molar-refractivity contribution < 1.29 is 9.53 Å². The molecule has 28 heavy (non-hydrogen) atoms. The molecule has 140 valence electrons. The number of carbonyl (C=O) groups excluding carboxylic acids is 1. The van der Waals surface area contributed by atoms with E-state index >= 15 is 0 Å². The molecule has 0 saturated heterocycles. The van der Waals surface area contributed by atoms with Crippen molar-refractivity contribution in [3.05, 3.63) is 77.7 Å². The number of anilines is 1. The van der Waals surface area contributed by atoms with E-state index in [-0.39, 0.29) is 5.91 Å². The maximum absolute atomic E-state index is 12.7. The number of aromatic amines is 1. The Morgan fingerprint density at radius 3 is 2.75 bits per heavy atom. The van der Waals surface area contributed by atoms with E-state index in [4.69, 9.17) is 16.3 Å². The van der Waals surface area contributed by atoms with Crippen molar-refractivity contribution >= 4 is 23.5 Å². The number of ether oxygens (including phenoxy) is 1. The molecule has 2 aromatic heterocycles. The molecule has 4 rings (SSSR count). The highest BCUT2D eigenvalue weighted by Gasteiger charge is 2.14. The van der Waals surface area contributed by atoms with Gasteiger partial charge in [0.15, 0.2) is 0 Å². The monoisotopic (exact) mass is 393 g/mol. The number of imidazole rings is 1. The Morgan fingerprint density at radius 1 is 1.21 bits per heavy atom. The van der Waals surface area contributed by atoms with Gasteiger partial charge in [-0.25, -0.2) is 9.67 Å². The van der Waals surface area contributed by atoms with E-state index in [0.29, 0.717) is 16.5 Å². The number of rotatable bonds is 5. The Morgan fingerprint density at radius 2 is 2.04 bits per heavy atom. The highest BCUT2D eigenvalue weighted by atomic mass is 35.5. The molecule has 7 nitrogen and oxygen atoms in total. The van der Waals surface area contributed by atoms with Gasteiger partial charge in [0.1, 0.15) is 5.75 Å². The Labute approximate surface area is 165 Å². The molecule has 4 aromatic rings. The molecule has 0 spiro atoms. The molecule has 0 radical (unpaired) electrons. The summed E-state index contributed by atoms with van der Waals surface area (Å²) in [4.78, 5) is 20.0. The molecule has 0 unspecified atom stereocenters. The van der Waals surface area contributed by atoms with Crippen molar-refractivity contribution in [1.29, 1.82) is 0 Å². The zero-order chi connectivity index (χ0) is 19.5. The van der Waals surface area contributed by atoms with Crippen LogP contribution in [0, 0.1) is 0 Å². The van der Waals surface area contributed by atoms with Gasteiger partial charge in [0.2, 0.25) is 5.95 Å². The molecule has 2 heterocycles. The van der Waals surface area contributed by atoms with E-state index in [2.05, 4.69) is 20.4 Å². The molecular formula is C20H16ClN5O2. The summed E-state index contributed by atoms with van der Waals surface area (Å²) in [7, 11) is 1.62. The molecule has 8 heteroatoms. The van der Waals surface area contributed by atoms with Crippen LogP contribution in [-0.4, -0.2) is 32.8 Å². The number of amides is 1. The lowest BCUT2D eigenvalue weighted by Gasteiger charge is -2.08. The number of benzene rings is 2. The Hall–Kier alpha value is -3.58. The van der Waals surface area contributed by atoms with Gasteiger partial charge in [0.05, 0.1) is 35.3 Å². The third-order valence-electron chi connectivity index (χ3n) is 4.17. The summed E-state index contributed by atoms with van der Waals surface area (Å²) in [6.45, 7) is 0. The molecule has 0 saturated carbocycles. The van der Waals surface area contributed by atoms with Gasteiger partial charge in [-0.1, -0.05) is 11.6 Å². The molecule has 0 bridgehead atoms. The molecule has 0 aliphatic heterocycles. The highest BCUT2D eigenvalue weighted by Crippen LogP contribution is 2.23. The zero-order valence-electron chi connectivity index (χ0n) is 14.9. The van der Waals surface area contributed by atoms with Crippen LogP contribution in [0.25, 0.3) is 16.9 Å². The topological polar surface area (TPSA) is 84.8 Å². The number of H-pyrrole nitrogens is 1. The van der Waals surface area contributed by atoms with Crippen LogP contribution < -0.4 is 10.1 Å². The summed E-state index contributed by atoms with van der Waals surface area (Å²) >= 11 is 6.22. The zero-order valence-corrected chi connectivity index (χ0v) is 15.6. The maximum atomic E-state index is 12.7. The van der Waals surface area contributed by atoms with Crippen molar-refractivity contribution in [3.63, 3.8) is 0 Å². The average molecular weight is 394 g/mol. The lowest BCUT2D eigenvalue weighted by Crippen LogP contribution is -2.14. The van der Waals surface area contributed by atoms with Gasteiger partial charge in [0, 0.05) is 12.4 Å². The summed E-state index contributed by atoms with van der Waals surface area (Å²) in [5.41, 5.74) is 2.76. The van der Waals surface area contributed by atoms with Crippen LogP contribution in [0.1, 0.15) is 10.4 Å². The van der Waals surface area contributed by atoms with Crippen LogP contribution in [0.3, 0.4) is 0 Å². The van der Waals surface area contributed by atoms with Crippen LogP contribution in [0.5, 0.6) is 5.75 Å². The molecular weight excluding hydrogens is 378 g/mol. The normalized spacial score (nSPS) is 10.6. The minimum atomic E-state index is -0.366. The largest absolute Gasteiger partial charge is 0.497 e. The predicted molar refractivity (Wildman–Crippen MR) is 107 cm³/mol. The fourth-order valence-electron chi connectivity index (χ4n) is 2.73. The van der Waals surface area contributed by atoms with Crippen molar-refractivity contribution in [2.45, 2.75) is 0 Å². The SMILES string of the molecule is COc1ccc(-c2cnc(NC(=O)c3cc(-n4cccn4)ccc3Cl)[nH]2)cc1. The lowest BCUT2D eigenvalue weighted by atomic mass is 10.2. The van der Waals surface area contributed by atoms with Crippen molar-refractivity contribution in [1.82, 2.24) is 19.7 Å². The van der Waals surface area contributed by atoms with E-state index < -0.39 is 0 Å². The third kappa shape index (κ3) is 3.60. The summed E-state index contributed by atoms with van der Waals surface area (Å²) in [6.07, 6.45) is 5.11. The standard InChI is InChI=1S/C20H16ClN5O2/c1-28-15-6-3-13(4-7-15)18-12-22-20(24-18)25-19(27)16-11-14(5-8-17(16)21)26-10-2-9-23-26/h2-12H,1H3,(H2,22,24,25,27). The minimum absolute atomic E-state index is 0.330. The minimum Gasteiger partial charge on any atom is -0.497 e. The second kappa shape index (κ2) is 7.58. The van der Waals surface area contributed by atoms with Gasteiger partial charge in [-0.3, -0.25) is 10.1 Å². The second-order valence-electron chi connectivity index (χ2n) is 5.94. The number of nitrogens with one attached hydrogen (secondary N) is 2. The average Bonchev–Trinajstić information content (AvgIpc) is 3.41. The lowest BCUT2D eigenvalue weighted by molar-refractivity contribution is 0.102. The van der Waals surface area contributed by atoms with E-state index in [1.807, 2.05) is 24.3 Å². The van der Waals surface area contributed by atoms with E-state index in [0.717, 1.165) is 22.7 Å². The Bertz CT molecular complexity index is 1100. The number of carbonyl (C=O) groups is 1. The van der Waals surface area contributed by atoms with E-state index in [1.54, 1.807) is 54.6 Å². The molecule has 0 fully saturated rings. The number of halogens is 1. The summed E-state index contributed by atoms with van der Waals surface area (Å²) < 4.78 is 6.81. The summed E-state index contributed by atoms with van der Waals surface area (Å²) in [5.74, 6) is 0.731. The second-order valence-corrected chi connectivity index (χ2v) is 6.35. The van der Waals surface area contributed by atoms with Gasteiger partial charge in [-0.05, 0) is 54.1 Å². The van der Waals surface area contributed by atoms with Gasteiger partial charge >= 0.3 is 0 Å². The van der Waals surface area contributed by atoms with Crippen molar-refractivity contribution in [3.8, 4) is 22.7 Å². The third-order valence-corrected chi connectivity index (χ3v) is 4.50. The van der Waals surface area contributed by atoms with Gasteiger partial charge in [0.25, 0.3) is 5.91 Å². The first-order valence-corrected chi connectivity index (χ1v) is 8.82. The predicted octanol–water partition coefficient (Wildman–Crippen LogP) is 4.18. The summed E-state index contributed by atoms with van der Waals surface area (Å²) in [5, 5.41) is 7.25. The first kappa shape index (κ1) is 17.8. The molecule has 0 aliphatic carbocycles. The van der Waals surface area contributed by atoms with Crippen molar-refractivity contribution in [2.24, 2.45) is 0 Å². The molecule has 0 atom stereocenters. The van der Waals surface area contributed by atoms with Crippen LogP contribution in [0.15, 0.2) is 67.1 Å². The number of nitrogens with zero attached hydrogens (tertiary/aromatic N) is 3. The number of aromatic nitrogens is 4. The highest BCUT2D eigenvalue weighted by molar-refractivity contribution is 6.34. The molecule has 0 aliphatic rings. The first-order chi connectivity index (χ1) is 13.6. The quantitative estimate of drug-likeness (QED) is 0.532. The Balaban J connectivity index is 1.54. The number of hydrogen-bond acceptors (Lipinski definition) is 4. The van der Waals surface area contributed by atoms with Gasteiger partial charge in [-0.2, -0.15) is 5.10 Å². The molecule has 1 amide bonds. The van der Waals surface area contributed by atoms with Crippen LogP contribution in [0.2, 0.25) is 5.02 Å². The number of hydrogen-bond donors (Lipinski definition) is 2. The van der Waals surface area contributed by atoms with Crippen LogP contribution in [0.4, 0.5) is 5.95 Å². The number of methoxy groups -OCH3 is 1. The molecule has 2 aromatic carbocycles.